The minimum atomic E-state index is -0.166. The number of benzene rings is 2. The van der Waals surface area contributed by atoms with Gasteiger partial charge in [0, 0.05) is 5.69 Å². The van der Waals surface area contributed by atoms with E-state index in [9.17, 15) is 4.79 Å². The highest BCUT2D eigenvalue weighted by Gasteiger charge is 2.32. The average Bonchev–Trinajstić information content (AvgIpc) is 2.68. The average molecular weight is 237 g/mol. The van der Waals surface area contributed by atoms with E-state index in [1.807, 2.05) is 24.3 Å². The molecule has 1 atom stereocenters. The molecule has 0 spiro atoms. The van der Waals surface area contributed by atoms with Gasteiger partial charge in [0.15, 0.2) is 0 Å². The molecule has 2 heteroatoms. The van der Waals surface area contributed by atoms with E-state index in [0.717, 1.165) is 22.4 Å². The van der Waals surface area contributed by atoms with E-state index in [1.54, 1.807) is 0 Å². The lowest BCUT2D eigenvalue weighted by atomic mass is 9.88. The van der Waals surface area contributed by atoms with Crippen LogP contribution >= 0.6 is 0 Å². The van der Waals surface area contributed by atoms with Gasteiger partial charge < -0.3 is 5.32 Å². The predicted molar refractivity (Wildman–Crippen MR) is 72.8 cm³/mol. The van der Waals surface area contributed by atoms with Crippen LogP contribution in [0.15, 0.2) is 42.5 Å². The van der Waals surface area contributed by atoms with Crippen molar-refractivity contribution in [3.63, 3.8) is 0 Å². The zero-order valence-electron chi connectivity index (χ0n) is 10.5. The van der Waals surface area contributed by atoms with Gasteiger partial charge in [-0.15, -0.1) is 0 Å². The molecule has 1 aliphatic heterocycles. The minimum Gasteiger partial charge on any atom is -0.325 e. The zero-order chi connectivity index (χ0) is 12.7. The second-order valence-corrected chi connectivity index (χ2v) is 4.87. The molecule has 90 valence electrons. The van der Waals surface area contributed by atoms with Gasteiger partial charge in [0.25, 0.3) is 0 Å². The van der Waals surface area contributed by atoms with E-state index in [2.05, 4.69) is 37.4 Å². The number of para-hydroxylation sites is 1. The SMILES string of the molecule is Cc1ccc(C)c(C2C(=O)Nc3ccccc32)c1. The van der Waals surface area contributed by atoms with E-state index < -0.39 is 0 Å². The largest absolute Gasteiger partial charge is 0.325 e. The summed E-state index contributed by atoms with van der Waals surface area (Å²) in [7, 11) is 0. The summed E-state index contributed by atoms with van der Waals surface area (Å²) >= 11 is 0. The maximum atomic E-state index is 12.2. The summed E-state index contributed by atoms with van der Waals surface area (Å²) < 4.78 is 0. The Morgan fingerprint density at radius 1 is 1.00 bits per heavy atom. The molecular weight excluding hydrogens is 222 g/mol. The number of hydrogen-bond donors (Lipinski definition) is 1. The smallest absolute Gasteiger partial charge is 0.236 e. The van der Waals surface area contributed by atoms with Crippen molar-refractivity contribution in [1.82, 2.24) is 0 Å². The number of carbonyl (C=O) groups is 1. The van der Waals surface area contributed by atoms with Crippen molar-refractivity contribution in [3.8, 4) is 0 Å². The third kappa shape index (κ3) is 1.61. The molecule has 18 heavy (non-hydrogen) atoms. The Hall–Kier alpha value is -2.09. The number of rotatable bonds is 1. The van der Waals surface area contributed by atoms with Crippen molar-refractivity contribution < 1.29 is 4.79 Å². The topological polar surface area (TPSA) is 29.1 Å². The monoisotopic (exact) mass is 237 g/mol. The number of anilines is 1. The molecule has 0 fully saturated rings. The maximum absolute atomic E-state index is 12.2. The number of aryl methyl sites for hydroxylation is 2. The van der Waals surface area contributed by atoms with Gasteiger partial charge in [-0.3, -0.25) is 4.79 Å². The Labute approximate surface area is 107 Å². The quantitative estimate of drug-likeness (QED) is 0.809. The van der Waals surface area contributed by atoms with E-state index in [1.165, 1.54) is 5.56 Å². The Kier molecular flexibility index (Phi) is 2.44. The highest BCUT2D eigenvalue weighted by molar-refractivity contribution is 6.05. The van der Waals surface area contributed by atoms with Crippen molar-refractivity contribution in [2.45, 2.75) is 19.8 Å². The molecule has 1 amide bonds. The summed E-state index contributed by atoms with van der Waals surface area (Å²) in [6.07, 6.45) is 0. The van der Waals surface area contributed by atoms with Crippen LogP contribution in [0.1, 0.15) is 28.2 Å². The van der Waals surface area contributed by atoms with Gasteiger partial charge in [0.1, 0.15) is 0 Å². The first-order valence-electron chi connectivity index (χ1n) is 6.14. The van der Waals surface area contributed by atoms with Crippen LogP contribution in [0.4, 0.5) is 5.69 Å². The first-order valence-corrected chi connectivity index (χ1v) is 6.14. The van der Waals surface area contributed by atoms with Crippen LogP contribution in [0.3, 0.4) is 0 Å². The number of fused-ring (bicyclic) bond motifs is 1. The standard InChI is InChI=1S/C16H15NO/c1-10-7-8-11(2)13(9-10)15-12-5-3-4-6-14(12)17-16(15)18/h3-9,15H,1-2H3,(H,17,18). The normalized spacial score (nSPS) is 17.4. The van der Waals surface area contributed by atoms with Crippen molar-refractivity contribution in [1.29, 1.82) is 0 Å². The molecule has 0 bridgehead atoms. The minimum absolute atomic E-state index is 0.0740. The van der Waals surface area contributed by atoms with Crippen molar-refractivity contribution in [2.75, 3.05) is 5.32 Å². The van der Waals surface area contributed by atoms with E-state index in [4.69, 9.17) is 0 Å². The summed E-state index contributed by atoms with van der Waals surface area (Å²) in [5, 5.41) is 2.95. The third-order valence-corrected chi connectivity index (χ3v) is 3.54. The number of amides is 1. The molecule has 0 aromatic heterocycles. The lowest BCUT2D eigenvalue weighted by molar-refractivity contribution is -0.116. The van der Waals surface area contributed by atoms with E-state index in [0.29, 0.717) is 0 Å². The molecule has 0 aliphatic carbocycles. The number of hydrogen-bond acceptors (Lipinski definition) is 1. The molecule has 2 nitrogen and oxygen atoms in total. The summed E-state index contributed by atoms with van der Waals surface area (Å²) in [4.78, 5) is 12.2. The fourth-order valence-corrected chi connectivity index (χ4v) is 2.59. The Balaban J connectivity index is 2.17. The van der Waals surface area contributed by atoms with Crippen molar-refractivity contribution in [2.24, 2.45) is 0 Å². The predicted octanol–water partition coefficient (Wildman–Crippen LogP) is 3.39. The molecular formula is C16H15NO. The van der Waals surface area contributed by atoms with Crippen molar-refractivity contribution in [3.05, 3.63) is 64.7 Å². The molecule has 0 saturated carbocycles. The van der Waals surface area contributed by atoms with Gasteiger partial charge in [0.05, 0.1) is 5.92 Å². The molecule has 1 unspecified atom stereocenters. The third-order valence-electron chi connectivity index (χ3n) is 3.54. The van der Waals surface area contributed by atoms with Crippen LogP contribution in [-0.4, -0.2) is 5.91 Å². The molecule has 2 aromatic carbocycles. The molecule has 0 saturated heterocycles. The molecule has 2 aromatic rings. The molecule has 0 radical (unpaired) electrons. The molecule has 1 N–H and O–H groups in total. The van der Waals surface area contributed by atoms with Crippen LogP contribution in [0.5, 0.6) is 0 Å². The fraction of sp³-hybridized carbons (Fsp3) is 0.188. The Morgan fingerprint density at radius 2 is 1.78 bits per heavy atom. The lowest BCUT2D eigenvalue weighted by Gasteiger charge is -2.13. The summed E-state index contributed by atoms with van der Waals surface area (Å²) in [5.74, 6) is -0.0917. The number of carbonyl (C=O) groups excluding carboxylic acids is 1. The van der Waals surface area contributed by atoms with Gasteiger partial charge in [-0.2, -0.15) is 0 Å². The van der Waals surface area contributed by atoms with Crippen molar-refractivity contribution >= 4 is 11.6 Å². The number of nitrogens with one attached hydrogen (secondary N) is 1. The molecule has 1 aliphatic rings. The fourth-order valence-electron chi connectivity index (χ4n) is 2.59. The van der Waals surface area contributed by atoms with Gasteiger partial charge in [0.2, 0.25) is 5.91 Å². The first-order chi connectivity index (χ1) is 8.66. The van der Waals surface area contributed by atoms with Crippen LogP contribution in [0.25, 0.3) is 0 Å². The van der Waals surface area contributed by atoms with Crippen LogP contribution in [0, 0.1) is 13.8 Å². The second kappa shape index (κ2) is 3.98. The van der Waals surface area contributed by atoms with Gasteiger partial charge in [-0.1, -0.05) is 42.0 Å². The maximum Gasteiger partial charge on any atom is 0.236 e. The van der Waals surface area contributed by atoms with Crippen LogP contribution < -0.4 is 5.32 Å². The lowest BCUT2D eigenvalue weighted by Crippen LogP contribution is -2.14. The van der Waals surface area contributed by atoms with Gasteiger partial charge >= 0.3 is 0 Å². The molecule has 1 heterocycles. The summed E-state index contributed by atoms with van der Waals surface area (Å²) in [6.45, 7) is 4.12. The highest BCUT2D eigenvalue weighted by Crippen LogP contribution is 2.38. The second-order valence-electron chi connectivity index (χ2n) is 4.87. The van der Waals surface area contributed by atoms with E-state index in [-0.39, 0.29) is 11.8 Å². The Morgan fingerprint density at radius 3 is 2.61 bits per heavy atom. The van der Waals surface area contributed by atoms with Gasteiger partial charge in [-0.25, -0.2) is 0 Å². The Bertz CT molecular complexity index is 631. The van der Waals surface area contributed by atoms with E-state index >= 15 is 0 Å². The first kappa shape index (κ1) is 11.0. The summed E-state index contributed by atoms with van der Waals surface area (Å²) in [6, 6.07) is 14.2. The summed E-state index contributed by atoms with van der Waals surface area (Å²) in [5.41, 5.74) is 5.48. The van der Waals surface area contributed by atoms with Crippen LogP contribution in [-0.2, 0) is 4.79 Å². The molecule has 3 rings (SSSR count). The van der Waals surface area contributed by atoms with Gasteiger partial charge in [-0.05, 0) is 36.6 Å². The van der Waals surface area contributed by atoms with Crippen LogP contribution in [0.2, 0.25) is 0 Å². The zero-order valence-corrected chi connectivity index (χ0v) is 10.5. The highest BCUT2D eigenvalue weighted by atomic mass is 16.2.